The lowest BCUT2D eigenvalue weighted by Gasteiger charge is -2.03. The molecule has 0 spiro atoms. The Morgan fingerprint density at radius 3 is 2.61 bits per heavy atom. The third-order valence-electron chi connectivity index (χ3n) is 3.82. The van der Waals surface area contributed by atoms with Crippen LogP contribution >= 0.6 is 11.6 Å². The van der Waals surface area contributed by atoms with Crippen LogP contribution in [-0.2, 0) is 6.42 Å². The van der Waals surface area contributed by atoms with Crippen molar-refractivity contribution in [2.24, 2.45) is 0 Å². The van der Waals surface area contributed by atoms with Crippen molar-refractivity contribution in [3.8, 4) is 5.69 Å². The van der Waals surface area contributed by atoms with Gasteiger partial charge in [-0.3, -0.25) is 0 Å². The van der Waals surface area contributed by atoms with E-state index >= 15 is 0 Å². The summed E-state index contributed by atoms with van der Waals surface area (Å²) in [5.41, 5.74) is 4.07. The zero-order valence-electron chi connectivity index (χ0n) is 12.6. The molecule has 0 atom stereocenters. The summed E-state index contributed by atoms with van der Waals surface area (Å²) in [5.74, 6) is 1.87. The maximum Gasteiger partial charge on any atom is 0.113 e. The Bertz CT molecular complexity index is 933. The third-order valence-corrected chi connectivity index (χ3v) is 4.08. The van der Waals surface area contributed by atoms with Gasteiger partial charge in [0, 0.05) is 23.3 Å². The van der Waals surface area contributed by atoms with Crippen molar-refractivity contribution in [2.45, 2.75) is 13.3 Å². The van der Waals surface area contributed by atoms with Crippen LogP contribution in [0.3, 0.4) is 0 Å². The van der Waals surface area contributed by atoms with E-state index in [0.717, 1.165) is 39.1 Å². The average Bonchev–Trinajstić information content (AvgIpc) is 3.11. The van der Waals surface area contributed by atoms with Crippen molar-refractivity contribution in [3.05, 3.63) is 77.1 Å². The number of aromatic nitrogens is 4. The molecule has 0 radical (unpaired) electrons. The van der Waals surface area contributed by atoms with Crippen LogP contribution in [-0.4, -0.2) is 19.5 Å². The predicted octanol–water partition coefficient (Wildman–Crippen LogP) is 4.30. The van der Waals surface area contributed by atoms with Crippen LogP contribution in [0.1, 0.15) is 17.3 Å². The van der Waals surface area contributed by atoms with E-state index in [4.69, 9.17) is 11.6 Å². The van der Waals surface area contributed by atoms with Crippen LogP contribution in [0.2, 0.25) is 5.02 Å². The Balaban J connectivity index is 1.65. The fourth-order valence-corrected chi connectivity index (χ4v) is 2.87. The summed E-state index contributed by atoms with van der Waals surface area (Å²) in [6.45, 7) is 2.00. The maximum atomic E-state index is 5.95. The van der Waals surface area contributed by atoms with Crippen LogP contribution in [0, 0.1) is 6.92 Å². The van der Waals surface area contributed by atoms with Crippen molar-refractivity contribution in [1.82, 2.24) is 19.5 Å². The first kappa shape index (κ1) is 14.0. The van der Waals surface area contributed by atoms with Crippen molar-refractivity contribution in [2.75, 3.05) is 0 Å². The van der Waals surface area contributed by atoms with Gasteiger partial charge in [-0.25, -0.2) is 9.97 Å². The number of nitrogens with zero attached hydrogens (tertiary/aromatic N) is 3. The van der Waals surface area contributed by atoms with E-state index in [1.54, 1.807) is 0 Å². The Morgan fingerprint density at radius 1 is 1.04 bits per heavy atom. The van der Waals surface area contributed by atoms with Crippen LogP contribution in [0.5, 0.6) is 0 Å². The molecule has 4 rings (SSSR count). The van der Waals surface area contributed by atoms with Crippen LogP contribution < -0.4 is 0 Å². The average molecular weight is 323 g/mol. The molecule has 5 heteroatoms. The first-order chi connectivity index (χ1) is 11.2. The van der Waals surface area contributed by atoms with Crippen molar-refractivity contribution in [1.29, 1.82) is 0 Å². The van der Waals surface area contributed by atoms with Gasteiger partial charge in [0.1, 0.15) is 11.6 Å². The molecule has 1 N–H and O–H groups in total. The van der Waals surface area contributed by atoms with Crippen molar-refractivity contribution in [3.63, 3.8) is 0 Å². The number of nitrogens with one attached hydrogen (secondary N) is 1. The van der Waals surface area contributed by atoms with Crippen LogP contribution in [0.15, 0.2) is 54.7 Å². The van der Waals surface area contributed by atoms with Crippen LogP contribution in [0.4, 0.5) is 0 Å². The lowest BCUT2D eigenvalue weighted by atomic mass is 10.3. The Hall–Kier alpha value is -2.59. The highest BCUT2D eigenvalue weighted by Crippen LogP contribution is 2.18. The highest BCUT2D eigenvalue weighted by Gasteiger charge is 2.09. The lowest BCUT2D eigenvalue weighted by Crippen LogP contribution is -1.94. The molecule has 4 nitrogen and oxygen atoms in total. The summed E-state index contributed by atoms with van der Waals surface area (Å²) in [6, 6.07) is 15.8. The number of halogens is 1. The summed E-state index contributed by atoms with van der Waals surface area (Å²) in [5, 5.41) is 0.731. The second kappa shape index (κ2) is 5.56. The summed E-state index contributed by atoms with van der Waals surface area (Å²) < 4.78 is 2.06. The molecule has 2 heterocycles. The van der Waals surface area contributed by atoms with Gasteiger partial charge in [0.25, 0.3) is 0 Å². The minimum absolute atomic E-state index is 0.677. The summed E-state index contributed by atoms with van der Waals surface area (Å²) in [7, 11) is 0. The van der Waals surface area contributed by atoms with E-state index in [1.807, 2.05) is 61.7 Å². The second-order valence-electron chi connectivity index (χ2n) is 5.50. The predicted molar refractivity (Wildman–Crippen MR) is 92.2 cm³/mol. The molecule has 0 aliphatic carbocycles. The first-order valence-electron chi connectivity index (χ1n) is 7.43. The fraction of sp³-hybridized carbons (Fsp3) is 0.111. The van der Waals surface area contributed by atoms with E-state index in [0.29, 0.717) is 6.42 Å². The number of imidazole rings is 2. The van der Waals surface area contributed by atoms with Gasteiger partial charge in [0.05, 0.1) is 16.7 Å². The van der Waals surface area contributed by atoms with Crippen molar-refractivity contribution >= 4 is 22.6 Å². The third kappa shape index (κ3) is 2.73. The fourth-order valence-electron chi connectivity index (χ4n) is 2.74. The lowest BCUT2D eigenvalue weighted by molar-refractivity contribution is 0.969. The van der Waals surface area contributed by atoms with Crippen molar-refractivity contribution < 1.29 is 0 Å². The molecule has 0 aliphatic rings. The smallest absolute Gasteiger partial charge is 0.113 e. The SMILES string of the molecule is Cc1nc(Cc2nc3ccccc3[nH]2)cn1-c1ccc(Cl)cc1. The molecule has 23 heavy (non-hydrogen) atoms. The van der Waals surface area contributed by atoms with E-state index in [1.165, 1.54) is 0 Å². The molecule has 0 bridgehead atoms. The van der Waals surface area contributed by atoms with E-state index in [9.17, 15) is 0 Å². The van der Waals surface area contributed by atoms with Gasteiger partial charge in [0.15, 0.2) is 0 Å². The first-order valence-corrected chi connectivity index (χ1v) is 7.81. The number of aromatic amines is 1. The molecule has 114 valence electrons. The number of aryl methyl sites for hydroxylation is 1. The standard InChI is InChI=1S/C18H15ClN4/c1-12-20-14(11-23(12)15-8-6-13(19)7-9-15)10-18-21-16-4-2-3-5-17(16)22-18/h2-9,11H,10H2,1H3,(H,21,22). The Labute approximate surface area is 138 Å². The summed E-state index contributed by atoms with van der Waals surface area (Å²) >= 11 is 5.95. The van der Waals surface area contributed by atoms with Gasteiger partial charge in [-0.1, -0.05) is 23.7 Å². The number of fused-ring (bicyclic) bond motifs is 1. The second-order valence-corrected chi connectivity index (χ2v) is 5.94. The molecule has 0 saturated heterocycles. The zero-order valence-corrected chi connectivity index (χ0v) is 13.4. The van der Waals surface area contributed by atoms with Gasteiger partial charge in [-0.05, 0) is 43.3 Å². The molecule has 0 fully saturated rings. The normalized spacial score (nSPS) is 11.2. The molecular weight excluding hydrogens is 308 g/mol. The molecule has 0 saturated carbocycles. The Kier molecular flexibility index (Phi) is 3.39. The number of para-hydroxylation sites is 2. The number of benzene rings is 2. The van der Waals surface area contributed by atoms with Gasteiger partial charge in [-0.2, -0.15) is 0 Å². The summed E-state index contributed by atoms with van der Waals surface area (Å²) in [6.07, 6.45) is 2.72. The van der Waals surface area contributed by atoms with E-state index in [-0.39, 0.29) is 0 Å². The summed E-state index contributed by atoms with van der Waals surface area (Å²) in [4.78, 5) is 12.6. The van der Waals surface area contributed by atoms with Gasteiger partial charge in [0.2, 0.25) is 0 Å². The highest BCUT2D eigenvalue weighted by atomic mass is 35.5. The highest BCUT2D eigenvalue weighted by molar-refractivity contribution is 6.30. The van der Waals surface area contributed by atoms with Crippen LogP contribution in [0.25, 0.3) is 16.7 Å². The minimum Gasteiger partial charge on any atom is -0.342 e. The van der Waals surface area contributed by atoms with Gasteiger partial charge in [-0.15, -0.1) is 0 Å². The maximum absolute atomic E-state index is 5.95. The number of H-pyrrole nitrogens is 1. The molecule has 4 aromatic rings. The molecular formula is C18H15ClN4. The van der Waals surface area contributed by atoms with E-state index in [2.05, 4.69) is 19.5 Å². The van der Waals surface area contributed by atoms with Gasteiger partial charge >= 0.3 is 0 Å². The molecule has 0 unspecified atom stereocenters. The zero-order chi connectivity index (χ0) is 15.8. The number of hydrogen-bond acceptors (Lipinski definition) is 2. The minimum atomic E-state index is 0.677. The topological polar surface area (TPSA) is 46.5 Å². The molecule has 0 aliphatic heterocycles. The number of rotatable bonds is 3. The number of hydrogen-bond donors (Lipinski definition) is 1. The monoisotopic (exact) mass is 322 g/mol. The quantitative estimate of drug-likeness (QED) is 0.611. The molecule has 2 aromatic carbocycles. The Morgan fingerprint density at radius 2 is 1.83 bits per heavy atom. The van der Waals surface area contributed by atoms with Gasteiger partial charge < -0.3 is 9.55 Å². The van der Waals surface area contributed by atoms with E-state index < -0.39 is 0 Å². The molecule has 2 aromatic heterocycles. The molecule has 0 amide bonds. The largest absolute Gasteiger partial charge is 0.342 e.